The Balaban J connectivity index is 1.60. The molecule has 198 valence electrons. The molecule has 0 spiro atoms. The van der Waals surface area contributed by atoms with Crippen LogP contribution < -0.4 is 4.74 Å². The highest BCUT2D eigenvalue weighted by molar-refractivity contribution is 5.97. The van der Waals surface area contributed by atoms with Gasteiger partial charge in [-0.2, -0.15) is 0 Å². The molecule has 2 aliphatic rings. The van der Waals surface area contributed by atoms with Crippen molar-refractivity contribution in [2.24, 2.45) is 11.8 Å². The second-order valence-electron chi connectivity index (χ2n) is 10.5. The van der Waals surface area contributed by atoms with E-state index >= 15 is 0 Å². The van der Waals surface area contributed by atoms with Crippen molar-refractivity contribution in [3.63, 3.8) is 0 Å². The SMILES string of the molecule is C[C@H]1CN([C@@H](C)CO)C(=O)c2cc(/C=C/c3ccccc3)cnc2O[C@H]1CN(C)C(=O)C1CCCCC1. The van der Waals surface area contributed by atoms with E-state index in [1.54, 1.807) is 22.1 Å². The third kappa shape index (κ3) is 6.58. The Morgan fingerprint density at radius 3 is 2.59 bits per heavy atom. The number of carbonyl (C=O) groups excluding carboxylic acids is 2. The van der Waals surface area contributed by atoms with Crippen LogP contribution in [0, 0.1) is 11.8 Å². The van der Waals surface area contributed by atoms with Crippen molar-refractivity contribution in [2.75, 3.05) is 26.7 Å². The van der Waals surface area contributed by atoms with E-state index in [2.05, 4.69) is 4.98 Å². The first kappa shape index (κ1) is 26.9. The van der Waals surface area contributed by atoms with E-state index in [0.29, 0.717) is 18.7 Å². The fourth-order valence-corrected chi connectivity index (χ4v) is 5.21. The Bertz CT molecular complexity index is 1100. The molecule has 1 aliphatic heterocycles. The highest BCUT2D eigenvalue weighted by Crippen LogP contribution is 2.29. The Labute approximate surface area is 220 Å². The minimum Gasteiger partial charge on any atom is -0.472 e. The maximum atomic E-state index is 13.6. The van der Waals surface area contributed by atoms with Crippen LogP contribution in [-0.4, -0.2) is 70.6 Å². The zero-order valence-corrected chi connectivity index (χ0v) is 22.2. The zero-order valence-electron chi connectivity index (χ0n) is 22.2. The minimum atomic E-state index is -0.355. The molecule has 1 saturated carbocycles. The monoisotopic (exact) mass is 505 g/mol. The smallest absolute Gasteiger partial charge is 0.259 e. The molecule has 0 saturated heterocycles. The summed E-state index contributed by atoms with van der Waals surface area (Å²) in [7, 11) is 1.84. The van der Waals surface area contributed by atoms with Gasteiger partial charge in [-0.1, -0.05) is 68.7 Å². The number of benzene rings is 1. The molecule has 4 rings (SSSR count). The molecule has 0 radical (unpaired) electrons. The van der Waals surface area contributed by atoms with E-state index in [0.717, 1.165) is 36.8 Å². The van der Waals surface area contributed by atoms with Crippen molar-refractivity contribution < 1.29 is 19.4 Å². The standard InChI is InChI=1S/C30H39N3O4/c1-21-18-33(22(2)20-34)30(36)26-16-24(15-14-23-10-6-4-7-11-23)17-31-28(26)37-27(21)19-32(3)29(35)25-12-8-5-9-13-25/h4,6-7,10-11,14-17,21-22,25,27,34H,5,8-9,12-13,18-20H2,1-3H3/b15-14+/t21-,22-,27-/m0/s1. The average molecular weight is 506 g/mol. The molecule has 2 amide bonds. The van der Waals surface area contributed by atoms with Crippen LogP contribution in [0.3, 0.4) is 0 Å². The zero-order chi connectivity index (χ0) is 26.4. The summed E-state index contributed by atoms with van der Waals surface area (Å²) in [5.74, 6) is 0.249. The van der Waals surface area contributed by atoms with Crippen molar-refractivity contribution in [1.29, 1.82) is 0 Å². The molecule has 2 aromatic rings. The quantitative estimate of drug-likeness (QED) is 0.599. The average Bonchev–Trinajstić information content (AvgIpc) is 2.94. The molecule has 1 aromatic heterocycles. The van der Waals surface area contributed by atoms with E-state index in [9.17, 15) is 14.7 Å². The molecule has 1 aromatic carbocycles. The van der Waals surface area contributed by atoms with Gasteiger partial charge < -0.3 is 19.6 Å². The number of amides is 2. The second kappa shape index (κ2) is 12.4. The number of aliphatic hydroxyl groups excluding tert-OH is 1. The topological polar surface area (TPSA) is 83.0 Å². The van der Waals surface area contributed by atoms with Gasteiger partial charge in [0.05, 0.1) is 19.2 Å². The fourth-order valence-electron chi connectivity index (χ4n) is 5.21. The molecular formula is C30H39N3O4. The first-order valence-corrected chi connectivity index (χ1v) is 13.4. The number of rotatable bonds is 7. The predicted molar refractivity (Wildman–Crippen MR) is 145 cm³/mol. The predicted octanol–water partition coefficient (Wildman–Crippen LogP) is 4.51. The van der Waals surface area contributed by atoms with Gasteiger partial charge in [0.25, 0.3) is 5.91 Å². The summed E-state index contributed by atoms with van der Waals surface area (Å²) >= 11 is 0. The van der Waals surface area contributed by atoms with Crippen LogP contribution in [-0.2, 0) is 4.79 Å². The summed E-state index contributed by atoms with van der Waals surface area (Å²) in [6, 6.07) is 11.4. The number of aliphatic hydroxyl groups is 1. The van der Waals surface area contributed by atoms with Gasteiger partial charge in [0.1, 0.15) is 11.7 Å². The van der Waals surface area contributed by atoms with Crippen LogP contribution in [0.2, 0.25) is 0 Å². The first-order valence-electron chi connectivity index (χ1n) is 13.4. The molecular weight excluding hydrogens is 466 g/mol. The number of hydrogen-bond acceptors (Lipinski definition) is 5. The maximum absolute atomic E-state index is 13.6. The van der Waals surface area contributed by atoms with Gasteiger partial charge in [-0.25, -0.2) is 4.98 Å². The van der Waals surface area contributed by atoms with Gasteiger partial charge in [0.2, 0.25) is 11.8 Å². The number of pyridine rings is 1. The molecule has 0 unspecified atom stereocenters. The van der Waals surface area contributed by atoms with Crippen LogP contribution in [0.25, 0.3) is 12.2 Å². The second-order valence-corrected chi connectivity index (χ2v) is 10.5. The Kier molecular flexibility index (Phi) is 8.98. The summed E-state index contributed by atoms with van der Waals surface area (Å²) in [5.41, 5.74) is 2.20. The summed E-state index contributed by atoms with van der Waals surface area (Å²) in [5, 5.41) is 9.89. The molecule has 1 fully saturated rings. The number of likely N-dealkylation sites (N-methyl/N-ethyl adjacent to an activating group) is 1. The van der Waals surface area contributed by atoms with Crippen LogP contribution in [0.5, 0.6) is 5.88 Å². The van der Waals surface area contributed by atoms with Crippen LogP contribution in [0.4, 0.5) is 0 Å². The Morgan fingerprint density at radius 2 is 1.89 bits per heavy atom. The summed E-state index contributed by atoms with van der Waals surface area (Å²) < 4.78 is 6.37. The van der Waals surface area contributed by atoms with Crippen molar-refractivity contribution in [3.05, 3.63) is 59.3 Å². The third-order valence-corrected chi connectivity index (χ3v) is 7.59. The molecule has 3 atom stereocenters. The van der Waals surface area contributed by atoms with Crippen molar-refractivity contribution in [2.45, 2.75) is 58.1 Å². The maximum Gasteiger partial charge on any atom is 0.259 e. The van der Waals surface area contributed by atoms with E-state index in [1.165, 1.54) is 6.42 Å². The molecule has 0 bridgehead atoms. The van der Waals surface area contributed by atoms with Gasteiger partial charge in [-0.05, 0) is 37.0 Å². The third-order valence-electron chi connectivity index (χ3n) is 7.59. The Hall–Kier alpha value is -3.19. The van der Waals surface area contributed by atoms with Crippen molar-refractivity contribution in [3.8, 4) is 5.88 Å². The molecule has 1 N–H and O–H groups in total. The van der Waals surface area contributed by atoms with Gasteiger partial charge in [-0.3, -0.25) is 9.59 Å². The molecule has 1 aliphatic carbocycles. The summed E-state index contributed by atoms with van der Waals surface area (Å²) in [4.78, 5) is 34.8. The van der Waals surface area contributed by atoms with E-state index in [4.69, 9.17) is 4.74 Å². The number of carbonyl (C=O) groups is 2. The lowest BCUT2D eigenvalue weighted by atomic mass is 9.88. The normalized spacial score (nSPS) is 21.6. The molecule has 7 heteroatoms. The minimum absolute atomic E-state index is 0.0628. The van der Waals surface area contributed by atoms with Crippen LogP contribution in [0.15, 0.2) is 42.6 Å². The molecule has 37 heavy (non-hydrogen) atoms. The number of aromatic nitrogens is 1. The van der Waals surface area contributed by atoms with Gasteiger partial charge >= 0.3 is 0 Å². The summed E-state index contributed by atoms with van der Waals surface area (Å²) in [6.45, 7) is 4.56. The van der Waals surface area contributed by atoms with E-state index < -0.39 is 0 Å². The van der Waals surface area contributed by atoms with Gasteiger partial charge in [0, 0.05) is 31.6 Å². The van der Waals surface area contributed by atoms with Gasteiger partial charge in [0.15, 0.2) is 0 Å². The van der Waals surface area contributed by atoms with Crippen molar-refractivity contribution in [1.82, 2.24) is 14.8 Å². The number of nitrogens with zero attached hydrogens (tertiary/aromatic N) is 3. The van der Waals surface area contributed by atoms with Crippen molar-refractivity contribution >= 4 is 24.0 Å². The first-order chi connectivity index (χ1) is 17.9. The highest BCUT2D eigenvalue weighted by Gasteiger charge is 2.35. The highest BCUT2D eigenvalue weighted by atomic mass is 16.5. The van der Waals surface area contributed by atoms with Crippen LogP contribution >= 0.6 is 0 Å². The largest absolute Gasteiger partial charge is 0.472 e. The molecule has 2 heterocycles. The number of fused-ring (bicyclic) bond motifs is 1. The lowest BCUT2D eigenvalue weighted by molar-refractivity contribution is -0.136. The van der Waals surface area contributed by atoms with Gasteiger partial charge in [-0.15, -0.1) is 0 Å². The van der Waals surface area contributed by atoms with Crippen LogP contribution in [0.1, 0.15) is 67.4 Å². The van der Waals surface area contributed by atoms with E-state index in [1.807, 2.05) is 63.4 Å². The Morgan fingerprint density at radius 1 is 1.19 bits per heavy atom. The lowest BCUT2D eigenvalue weighted by Gasteiger charge is -2.38. The molecule has 7 nitrogen and oxygen atoms in total. The summed E-state index contributed by atoms with van der Waals surface area (Å²) in [6.07, 6.45) is 10.6. The lowest BCUT2D eigenvalue weighted by Crippen LogP contribution is -2.51. The van der Waals surface area contributed by atoms with E-state index in [-0.39, 0.29) is 48.3 Å². The number of hydrogen-bond donors (Lipinski definition) is 1. The number of ether oxygens (including phenoxy) is 1. The fraction of sp³-hybridized carbons (Fsp3) is 0.500.